The van der Waals surface area contributed by atoms with E-state index in [2.05, 4.69) is 16.3 Å². The zero-order valence-electron chi connectivity index (χ0n) is 7.93. The van der Waals surface area contributed by atoms with Gasteiger partial charge in [0.05, 0.1) is 0 Å². The number of anilines is 1. The fraction of sp³-hybridized carbons (Fsp3) is 0.333. The number of rotatable bonds is 2. The lowest BCUT2D eigenvalue weighted by molar-refractivity contribution is -0.0964. The molecule has 0 aliphatic carbocycles. The number of nitrogen functional groups attached to an aromatic ring is 1. The first-order chi connectivity index (χ1) is 6.47. The second kappa shape index (κ2) is 5.65. The summed E-state index contributed by atoms with van der Waals surface area (Å²) in [6, 6.07) is 5.51. The van der Waals surface area contributed by atoms with Gasteiger partial charge in [0.25, 0.3) is 0 Å². The zero-order valence-corrected chi connectivity index (χ0v) is 8.68. The van der Waals surface area contributed by atoms with Crippen molar-refractivity contribution in [2.24, 2.45) is 0 Å². The lowest BCUT2D eigenvalue weighted by atomic mass is 10.3. The van der Waals surface area contributed by atoms with Crippen molar-refractivity contribution in [1.82, 2.24) is 0 Å². The Balaban J connectivity index is 0.000000791. The third kappa shape index (κ3) is 5.59. The monoisotopic (exact) mass is 223 g/mol. The molecular formula is C9H12ClF2NO. The van der Waals surface area contributed by atoms with E-state index in [0.717, 1.165) is 0 Å². The van der Waals surface area contributed by atoms with E-state index in [4.69, 9.17) is 5.73 Å². The van der Waals surface area contributed by atoms with Crippen LogP contribution in [0.3, 0.4) is 0 Å². The average molecular weight is 224 g/mol. The highest BCUT2D eigenvalue weighted by Crippen LogP contribution is 2.25. The molecule has 14 heavy (non-hydrogen) atoms. The summed E-state index contributed by atoms with van der Waals surface area (Å²) in [7, 11) is 0. The number of alkyl halides is 3. The average Bonchev–Trinajstić information content (AvgIpc) is 2.10. The highest BCUT2D eigenvalue weighted by molar-refractivity contribution is 6.20. The number of hydrogen-bond donors (Lipinski definition) is 1. The van der Waals surface area contributed by atoms with E-state index in [1.807, 2.05) is 13.8 Å². The van der Waals surface area contributed by atoms with Gasteiger partial charge < -0.3 is 10.5 Å². The molecule has 2 N–H and O–H groups in total. The summed E-state index contributed by atoms with van der Waals surface area (Å²) in [6.45, 7) is 4.00. The van der Waals surface area contributed by atoms with Gasteiger partial charge in [0, 0.05) is 17.3 Å². The van der Waals surface area contributed by atoms with Gasteiger partial charge in [0.1, 0.15) is 5.75 Å². The minimum absolute atomic E-state index is 0.0239. The number of halogens is 3. The van der Waals surface area contributed by atoms with Crippen molar-refractivity contribution in [3.8, 4) is 5.75 Å². The summed E-state index contributed by atoms with van der Waals surface area (Å²) >= 11 is 4.52. The van der Waals surface area contributed by atoms with Crippen LogP contribution >= 0.6 is 11.6 Å². The predicted octanol–water partition coefficient (Wildman–Crippen LogP) is 3.46. The SMILES string of the molecule is CC.Nc1ccc(OC(F)(F)Cl)cc1. The van der Waals surface area contributed by atoms with E-state index < -0.39 is 5.57 Å². The van der Waals surface area contributed by atoms with Crippen molar-refractivity contribution in [3.05, 3.63) is 24.3 Å². The van der Waals surface area contributed by atoms with Crippen LogP contribution < -0.4 is 10.5 Å². The van der Waals surface area contributed by atoms with Gasteiger partial charge in [-0.15, -0.1) is 8.78 Å². The van der Waals surface area contributed by atoms with Crippen LogP contribution in [0.1, 0.15) is 13.8 Å². The van der Waals surface area contributed by atoms with Crippen molar-refractivity contribution < 1.29 is 13.5 Å². The molecule has 0 saturated carbocycles. The summed E-state index contributed by atoms with van der Waals surface area (Å²) in [5.74, 6) is -0.0239. The molecule has 0 aliphatic heterocycles. The van der Waals surface area contributed by atoms with Crippen molar-refractivity contribution in [1.29, 1.82) is 0 Å². The molecule has 0 aromatic heterocycles. The molecule has 0 bridgehead atoms. The van der Waals surface area contributed by atoms with Crippen molar-refractivity contribution in [2.75, 3.05) is 5.73 Å². The summed E-state index contributed by atoms with van der Waals surface area (Å²) < 4.78 is 28.1. The van der Waals surface area contributed by atoms with Crippen LogP contribution in [0.15, 0.2) is 24.3 Å². The molecule has 0 amide bonds. The topological polar surface area (TPSA) is 35.2 Å². The zero-order chi connectivity index (χ0) is 11.2. The Bertz CT molecular complexity index is 259. The fourth-order valence-electron chi connectivity index (χ4n) is 0.669. The predicted molar refractivity (Wildman–Crippen MR) is 53.6 cm³/mol. The molecule has 1 rings (SSSR count). The van der Waals surface area contributed by atoms with Crippen LogP contribution in [-0.4, -0.2) is 5.57 Å². The molecular weight excluding hydrogens is 212 g/mol. The summed E-state index contributed by atoms with van der Waals surface area (Å²) in [4.78, 5) is 0. The lowest BCUT2D eigenvalue weighted by Gasteiger charge is -2.09. The first-order valence-corrected chi connectivity index (χ1v) is 4.46. The summed E-state index contributed by atoms with van der Waals surface area (Å²) in [6.07, 6.45) is 0. The summed E-state index contributed by atoms with van der Waals surface area (Å²) in [5, 5.41) is 0. The van der Waals surface area contributed by atoms with Crippen LogP contribution in [0.25, 0.3) is 0 Å². The Kier molecular flexibility index (Phi) is 5.23. The highest BCUT2D eigenvalue weighted by Gasteiger charge is 2.27. The smallest absolute Gasteiger partial charge is 0.420 e. The van der Waals surface area contributed by atoms with Crippen LogP contribution in [0.2, 0.25) is 0 Å². The standard InChI is InChI=1S/C7H6ClF2NO.C2H6/c8-7(9,10)12-6-3-1-5(11)2-4-6;1-2/h1-4H,11H2;1-2H3. The molecule has 1 aromatic carbocycles. The molecule has 0 spiro atoms. The maximum atomic E-state index is 12.0. The van der Waals surface area contributed by atoms with E-state index in [1.165, 1.54) is 24.3 Å². The molecule has 0 fully saturated rings. The van der Waals surface area contributed by atoms with Gasteiger partial charge >= 0.3 is 5.57 Å². The van der Waals surface area contributed by atoms with E-state index in [0.29, 0.717) is 5.69 Å². The molecule has 0 atom stereocenters. The van der Waals surface area contributed by atoms with Gasteiger partial charge in [-0.05, 0) is 24.3 Å². The Hall–Kier alpha value is -1.03. The van der Waals surface area contributed by atoms with Crippen molar-refractivity contribution >= 4 is 17.3 Å². The van der Waals surface area contributed by atoms with Gasteiger partial charge in [-0.3, -0.25) is 0 Å². The lowest BCUT2D eigenvalue weighted by Crippen LogP contribution is -2.15. The van der Waals surface area contributed by atoms with Crippen LogP contribution in [0.5, 0.6) is 5.75 Å². The van der Waals surface area contributed by atoms with Crippen molar-refractivity contribution in [3.63, 3.8) is 0 Å². The highest BCUT2D eigenvalue weighted by atomic mass is 35.5. The number of hydrogen-bond acceptors (Lipinski definition) is 2. The maximum absolute atomic E-state index is 12.0. The first-order valence-electron chi connectivity index (χ1n) is 4.09. The molecule has 2 nitrogen and oxygen atoms in total. The van der Waals surface area contributed by atoms with Crippen LogP contribution in [0.4, 0.5) is 14.5 Å². The molecule has 0 radical (unpaired) electrons. The van der Waals surface area contributed by atoms with Crippen LogP contribution in [-0.2, 0) is 0 Å². The first kappa shape index (κ1) is 13.0. The number of nitrogens with two attached hydrogens (primary N) is 1. The maximum Gasteiger partial charge on any atom is 0.487 e. The minimum atomic E-state index is -3.67. The van der Waals surface area contributed by atoms with Gasteiger partial charge in [-0.2, -0.15) is 0 Å². The normalized spacial score (nSPS) is 10.1. The molecule has 1 aromatic rings. The second-order valence-corrected chi connectivity index (χ2v) is 2.56. The Morgan fingerprint density at radius 1 is 1.21 bits per heavy atom. The van der Waals surface area contributed by atoms with Gasteiger partial charge in [0.15, 0.2) is 0 Å². The Morgan fingerprint density at radius 2 is 1.64 bits per heavy atom. The summed E-state index contributed by atoms with van der Waals surface area (Å²) in [5.41, 5.74) is 2.12. The quantitative estimate of drug-likeness (QED) is 0.616. The van der Waals surface area contributed by atoms with E-state index in [9.17, 15) is 8.78 Å². The molecule has 0 heterocycles. The molecule has 80 valence electrons. The Labute approximate surface area is 86.6 Å². The minimum Gasteiger partial charge on any atom is -0.420 e. The van der Waals surface area contributed by atoms with Gasteiger partial charge in [0.2, 0.25) is 0 Å². The largest absolute Gasteiger partial charge is 0.487 e. The molecule has 0 unspecified atom stereocenters. The van der Waals surface area contributed by atoms with E-state index in [1.54, 1.807) is 0 Å². The molecule has 0 saturated heterocycles. The molecule has 5 heteroatoms. The second-order valence-electron chi connectivity index (χ2n) is 2.12. The molecule has 0 aliphatic rings. The van der Waals surface area contributed by atoms with Gasteiger partial charge in [-0.25, -0.2) is 0 Å². The van der Waals surface area contributed by atoms with Crippen LogP contribution in [0, 0.1) is 0 Å². The number of ether oxygens (including phenoxy) is 1. The fourth-order valence-corrected chi connectivity index (χ4v) is 0.759. The van der Waals surface area contributed by atoms with E-state index >= 15 is 0 Å². The third-order valence-electron chi connectivity index (χ3n) is 1.11. The third-order valence-corrected chi connectivity index (χ3v) is 1.19. The van der Waals surface area contributed by atoms with Gasteiger partial charge in [-0.1, -0.05) is 13.8 Å². The Morgan fingerprint density at radius 3 is 2.00 bits per heavy atom. The number of benzene rings is 1. The van der Waals surface area contributed by atoms with Crippen molar-refractivity contribution in [2.45, 2.75) is 19.4 Å². The van der Waals surface area contributed by atoms with E-state index in [-0.39, 0.29) is 5.75 Å².